The van der Waals surface area contributed by atoms with E-state index in [1.807, 2.05) is 24.4 Å². The molecule has 0 radical (unpaired) electrons. The Morgan fingerprint density at radius 2 is 2.10 bits per heavy atom. The minimum atomic E-state index is 0.311. The number of H-pyrrole nitrogens is 1. The van der Waals surface area contributed by atoms with Crippen molar-refractivity contribution >= 4 is 0 Å². The Balaban J connectivity index is 2.35. The molecule has 0 bridgehead atoms. The van der Waals surface area contributed by atoms with Crippen LogP contribution in [0.15, 0.2) is 24.4 Å². The summed E-state index contributed by atoms with van der Waals surface area (Å²) in [7, 11) is 3.30. The molecule has 3 N–H and O–H groups in total. The molecule has 1 atom stereocenters. The monoisotopic (exact) mass is 275 g/mol. The Kier molecular flexibility index (Phi) is 4.63. The number of nitrogens with one attached hydrogen (secondary N) is 1. The molecule has 2 aromatic rings. The molecule has 0 saturated heterocycles. The summed E-state index contributed by atoms with van der Waals surface area (Å²) in [5.41, 5.74) is 7.44. The summed E-state index contributed by atoms with van der Waals surface area (Å²) in [5.74, 6) is 2.82. The molecule has 1 heterocycles. The lowest BCUT2D eigenvalue weighted by Gasteiger charge is -2.09. The maximum Gasteiger partial charge on any atom is 0.128 e. The maximum atomic E-state index is 5.59. The standard InChI is InChI=1S/C15H21N3O2/c1-10(6-7-16)15-17-9-13(18-15)12-8-11(19-2)4-5-14(12)20-3/h4-5,8-10H,6-7,16H2,1-3H3,(H,17,18). The number of nitrogens with two attached hydrogens (primary N) is 1. The third-order valence-electron chi connectivity index (χ3n) is 3.36. The van der Waals surface area contributed by atoms with Crippen LogP contribution in [-0.2, 0) is 0 Å². The molecular weight excluding hydrogens is 254 g/mol. The van der Waals surface area contributed by atoms with Gasteiger partial charge in [-0.1, -0.05) is 6.92 Å². The van der Waals surface area contributed by atoms with Gasteiger partial charge in [-0.05, 0) is 31.2 Å². The van der Waals surface area contributed by atoms with Crippen LogP contribution in [0, 0.1) is 0 Å². The number of ether oxygens (including phenoxy) is 2. The topological polar surface area (TPSA) is 73.2 Å². The van der Waals surface area contributed by atoms with Crippen molar-refractivity contribution in [2.24, 2.45) is 5.73 Å². The van der Waals surface area contributed by atoms with Crippen LogP contribution in [0.2, 0.25) is 0 Å². The molecule has 0 aliphatic heterocycles. The second-order valence-electron chi connectivity index (χ2n) is 4.73. The summed E-state index contributed by atoms with van der Waals surface area (Å²) in [6.07, 6.45) is 2.72. The van der Waals surface area contributed by atoms with Crippen LogP contribution in [0.4, 0.5) is 0 Å². The van der Waals surface area contributed by atoms with E-state index >= 15 is 0 Å². The van der Waals surface area contributed by atoms with Gasteiger partial charge in [0.25, 0.3) is 0 Å². The van der Waals surface area contributed by atoms with Crippen molar-refractivity contribution in [3.8, 4) is 22.8 Å². The van der Waals surface area contributed by atoms with E-state index in [4.69, 9.17) is 15.2 Å². The van der Waals surface area contributed by atoms with Gasteiger partial charge in [-0.2, -0.15) is 0 Å². The molecule has 20 heavy (non-hydrogen) atoms. The average Bonchev–Trinajstić information content (AvgIpc) is 2.96. The molecule has 1 unspecified atom stereocenters. The minimum absolute atomic E-state index is 0.311. The zero-order valence-electron chi connectivity index (χ0n) is 12.1. The number of hydrogen-bond acceptors (Lipinski definition) is 4. The first-order valence-electron chi connectivity index (χ1n) is 6.67. The fourth-order valence-corrected chi connectivity index (χ4v) is 2.14. The van der Waals surface area contributed by atoms with Gasteiger partial charge in [0.05, 0.1) is 26.1 Å². The molecule has 5 heteroatoms. The van der Waals surface area contributed by atoms with Crippen LogP contribution in [-0.4, -0.2) is 30.7 Å². The van der Waals surface area contributed by atoms with Crippen LogP contribution in [0.25, 0.3) is 11.3 Å². The van der Waals surface area contributed by atoms with E-state index in [0.717, 1.165) is 35.0 Å². The lowest BCUT2D eigenvalue weighted by atomic mass is 10.1. The third-order valence-corrected chi connectivity index (χ3v) is 3.36. The highest BCUT2D eigenvalue weighted by Crippen LogP contribution is 2.33. The molecule has 0 aliphatic carbocycles. The van der Waals surface area contributed by atoms with Crippen LogP contribution >= 0.6 is 0 Å². The first kappa shape index (κ1) is 14.4. The summed E-state index contributed by atoms with van der Waals surface area (Å²) in [6.45, 7) is 2.76. The number of aromatic amines is 1. The predicted molar refractivity (Wildman–Crippen MR) is 79.2 cm³/mol. The molecule has 0 aliphatic rings. The Hall–Kier alpha value is -2.01. The van der Waals surface area contributed by atoms with Gasteiger partial charge < -0.3 is 20.2 Å². The van der Waals surface area contributed by atoms with Gasteiger partial charge in [-0.15, -0.1) is 0 Å². The zero-order valence-corrected chi connectivity index (χ0v) is 12.1. The molecule has 0 spiro atoms. The van der Waals surface area contributed by atoms with Crippen molar-refractivity contribution < 1.29 is 9.47 Å². The summed E-state index contributed by atoms with van der Waals surface area (Å²) in [6, 6.07) is 5.69. The van der Waals surface area contributed by atoms with E-state index in [1.165, 1.54) is 0 Å². The van der Waals surface area contributed by atoms with Crippen LogP contribution in [0.3, 0.4) is 0 Å². The second-order valence-corrected chi connectivity index (χ2v) is 4.73. The van der Waals surface area contributed by atoms with Gasteiger partial charge in [0, 0.05) is 11.5 Å². The SMILES string of the molecule is COc1ccc(OC)c(-c2cnc(C(C)CCN)[nH]2)c1. The number of benzene rings is 1. The van der Waals surface area contributed by atoms with Gasteiger partial charge in [0.15, 0.2) is 0 Å². The molecule has 1 aromatic carbocycles. The van der Waals surface area contributed by atoms with E-state index in [2.05, 4.69) is 16.9 Å². The molecule has 0 fully saturated rings. The number of aromatic nitrogens is 2. The number of imidazole rings is 1. The van der Waals surface area contributed by atoms with Crippen molar-refractivity contribution in [2.45, 2.75) is 19.3 Å². The molecule has 2 rings (SSSR count). The third kappa shape index (κ3) is 2.93. The molecule has 1 aromatic heterocycles. The highest BCUT2D eigenvalue weighted by molar-refractivity contribution is 5.68. The Morgan fingerprint density at radius 3 is 2.75 bits per heavy atom. The normalized spacial score (nSPS) is 12.2. The van der Waals surface area contributed by atoms with Gasteiger partial charge in [-0.25, -0.2) is 4.98 Å². The van der Waals surface area contributed by atoms with Gasteiger partial charge in [0.1, 0.15) is 17.3 Å². The van der Waals surface area contributed by atoms with Crippen LogP contribution in [0.1, 0.15) is 25.1 Å². The molecule has 5 nitrogen and oxygen atoms in total. The van der Waals surface area contributed by atoms with Gasteiger partial charge in [0.2, 0.25) is 0 Å². The fourth-order valence-electron chi connectivity index (χ4n) is 2.14. The summed E-state index contributed by atoms with van der Waals surface area (Å²) in [4.78, 5) is 7.77. The average molecular weight is 275 g/mol. The number of nitrogens with zero attached hydrogens (tertiary/aromatic N) is 1. The van der Waals surface area contributed by atoms with Crippen LogP contribution in [0.5, 0.6) is 11.5 Å². The zero-order chi connectivity index (χ0) is 14.5. The number of rotatable bonds is 6. The van der Waals surface area contributed by atoms with Crippen molar-refractivity contribution in [1.29, 1.82) is 0 Å². The summed E-state index contributed by atoms with van der Waals surface area (Å²) < 4.78 is 10.7. The van der Waals surface area contributed by atoms with Gasteiger partial charge >= 0.3 is 0 Å². The second kappa shape index (κ2) is 6.43. The fraction of sp³-hybridized carbons (Fsp3) is 0.400. The van der Waals surface area contributed by atoms with Gasteiger partial charge in [-0.3, -0.25) is 0 Å². The van der Waals surface area contributed by atoms with E-state index in [1.54, 1.807) is 14.2 Å². The predicted octanol–water partition coefficient (Wildman–Crippen LogP) is 2.55. The Bertz CT molecular complexity index is 566. The minimum Gasteiger partial charge on any atom is -0.497 e. The lowest BCUT2D eigenvalue weighted by Crippen LogP contribution is -2.05. The number of methoxy groups -OCH3 is 2. The lowest BCUT2D eigenvalue weighted by molar-refractivity contribution is 0.404. The summed E-state index contributed by atoms with van der Waals surface area (Å²) in [5, 5.41) is 0. The van der Waals surface area contributed by atoms with Crippen molar-refractivity contribution in [2.75, 3.05) is 20.8 Å². The number of hydrogen-bond donors (Lipinski definition) is 2. The molecular formula is C15H21N3O2. The quantitative estimate of drug-likeness (QED) is 0.849. The van der Waals surface area contributed by atoms with E-state index in [0.29, 0.717) is 12.5 Å². The highest BCUT2D eigenvalue weighted by Gasteiger charge is 2.13. The first-order valence-corrected chi connectivity index (χ1v) is 6.67. The van der Waals surface area contributed by atoms with Crippen molar-refractivity contribution in [3.63, 3.8) is 0 Å². The highest BCUT2D eigenvalue weighted by atomic mass is 16.5. The smallest absolute Gasteiger partial charge is 0.128 e. The summed E-state index contributed by atoms with van der Waals surface area (Å²) >= 11 is 0. The van der Waals surface area contributed by atoms with E-state index in [-0.39, 0.29) is 0 Å². The van der Waals surface area contributed by atoms with Crippen LogP contribution < -0.4 is 15.2 Å². The molecule has 0 saturated carbocycles. The molecule has 108 valence electrons. The van der Waals surface area contributed by atoms with E-state index < -0.39 is 0 Å². The Morgan fingerprint density at radius 1 is 1.30 bits per heavy atom. The first-order chi connectivity index (χ1) is 9.69. The molecule has 0 amide bonds. The maximum absolute atomic E-state index is 5.59. The van der Waals surface area contributed by atoms with Crippen molar-refractivity contribution in [1.82, 2.24) is 9.97 Å². The van der Waals surface area contributed by atoms with Crippen molar-refractivity contribution in [3.05, 3.63) is 30.2 Å². The largest absolute Gasteiger partial charge is 0.497 e. The Labute approximate surface area is 119 Å². The van der Waals surface area contributed by atoms with E-state index in [9.17, 15) is 0 Å².